The minimum absolute atomic E-state index is 0.294. The van der Waals surface area contributed by atoms with Gasteiger partial charge in [-0.25, -0.2) is 9.37 Å². The van der Waals surface area contributed by atoms with Crippen molar-refractivity contribution in [3.63, 3.8) is 0 Å². The van der Waals surface area contributed by atoms with Gasteiger partial charge in [0.2, 0.25) is 0 Å². The fourth-order valence-electron chi connectivity index (χ4n) is 3.56. The molecule has 1 aliphatic rings. The van der Waals surface area contributed by atoms with Crippen LogP contribution in [0.3, 0.4) is 0 Å². The minimum Gasteiger partial charge on any atom is -0.356 e. The number of hydrogen-bond donors (Lipinski definition) is 0. The zero-order valence-corrected chi connectivity index (χ0v) is 17.0. The molecular weight excluding hydrogens is 396 g/mol. The normalized spacial score (nSPS) is 15.1. The molecule has 144 valence electrons. The maximum Gasteiger partial charge on any atom is 0.138 e. The van der Waals surface area contributed by atoms with Crippen LogP contribution in [0.4, 0.5) is 10.2 Å². The highest BCUT2D eigenvalue weighted by Gasteiger charge is 2.26. The molecule has 0 spiro atoms. The van der Waals surface area contributed by atoms with Gasteiger partial charge in [-0.2, -0.15) is 0 Å². The first-order chi connectivity index (χ1) is 13.5. The van der Waals surface area contributed by atoms with E-state index in [-0.39, 0.29) is 0 Å². The lowest BCUT2D eigenvalue weighted by Crippen LogP contribution is -2.34. The van der Waals surface area contributed by atoms with Gasteiger partial charge in [0.15, 0.2) is 0 Å². The Balaban J connectivity index is 1.92. The average Bonchev–Trinajstić information content (AvgIpc) is 2.70. The topological polar surface area (TPSA) is 29.0 Å². The van der Waals surface area contributed by atoms with Crippen LogP contribution < -0.4 is 4.90 Å². The van der Waals surface area contributed by atoms with Crippen LogP contribution in [-0.4, -0.2) is 23.1 Å². The van der Waals surface area contributed by atoms with E-state index in [4.69, 9.17) is 28.2 Å². The molecule has 4 rings (SSSR count). The van der Waals surface area contributed by atoms with Gasteiger partial charge in [0.05, 0.1) is 21.4 Å². The Kier molecular flexibility index (Phi) is 5.51. The molecular formula is C22H20Cl2FN3. The van der Waals surface area contributed by atoms with E-state index in [0.29, 0.717) is 38.6 Å². The summed E-state index contributed by atoms with van der Waals surface area (Å²) < 4.78 is 14.7. The van der Waals surface area contributed by atoms with E-state index in [1.807, 2.05) is 18.2 Å². The zero-order valence-electron chi connectivity index (χ0n) is 15.5. The molecule has 3 heterocycles. The largest absolute Gasteiger partial charge is 0.356 e. The van der Waals surface area contributed by atoms with E-state index in [2.05, 4.69) is 16.8 Å². The van der Waals surface area contributed by atoms with Gasteiger partial charge in [-0.15, -0.1) is 0 Å². The summed E-state index contributed by atoms with van der Waals surface area (Å²) in [5.74, 6) is 0.909. The number of halogens is 3. The first kappa shape index (κ1) is 19.2. The molecule has 1 aromatic carbocycles. The van der Waals surface area contributed by atoms with E-state index in [9.17, 15) is 4.39 Å². The molecule has 0 atom stereocenters. The third-order valence-electron chi connectivity index (χ3n) is 5.18. The van der Waals surface area contributed by atoms with Crippen molar-refractivity contribution in [1.82, 2.24) is 9.97 Å². The Morgan fingerprint density at radius 3 is 2.43 bits per heavy atom. The highest BCUT2D eigenvalue weighted by molar-refractivity contribution is 6.37. The summed E-state index contributed by atoms with van der Waals surface area (Å²) >= 11 is 13.1. The van der Waals surface area contributed by atoms with Gasteiger partial charge in [-0.3, -0.25) is 4.98 Å². The Morgan fingerprint density at radius 2 is 1.75 bits per heavy atom. The second-order valence-corrected chi connectivity index (χ2v) is 7.98. The van der Waals surface area contributed by atoms with Crippen LogP contribution in [0.1, 0.15) is 19.8 Å². The summed E-state index contributed by atoms with van der Waals surface area (Å²) in [6.07, 6.45) is 3.82. The lowest BCUT2D eigenvalue weighted by Gasteiger charge is -2.33. The monoisotopic (exact) mass is 415 g/mol. The van der Waals surface area contributed by atoms with Crippen LogP contribution in [0.15, 0.2) is 48.7 Å². The fourth-order valence-corrected chi connectivity index (χ4v) is 4.10. The van der Waals surface area contributed by atoms with E-state index in [0.717, 1.165) is 31.6 Å². The van der Waals surface area contributed by atoms with Crippen LogP contribution in [0.5, 0.6) is 0 Å². The molecule has 0 bridgehead atoms. The summed E-state index contributed by atoms with van der Waals surface area (Å²) in [5.41, 5.74) is 2.22. The van der Waals surface area contributed by atoms with Crippen LogP contribution in [-0.2, 0) is 0 Å². The summed E-state index contributed by atoms with van der Waals surface area (Å²) in [4.78, 5) is 11.4. The van der Waals surface area contributed by atoms with Crippen molar-refractivity contribution in [2.75, 3.05) is 18.0 Å². The van der Waals surface area contributed by atoms with Crippen molar-refractivity contribution >= 4 is 29.0 Å². The summed E-state index contributed by atoms with van der Waals surface area (Å²) in [5, 5.41) is 0.734. The fraction of sp³-hybridized carbons (Fsp3) is 0.273. The lowest BCUT2D eigenvalue weighted by molar-refractivity contribution is 0.437. The molecule has 28 heavy (non-hydrogen) atoms. The van der Waals surface area contributed by atoms with Crippen molar-refractivity contribution in [3.05, 3.63) is 64.5 Å². The molecule has 3 nitrogen and oxygen atoms in total. The van der Waals surface area contributed by atoms with E-state index in [1.165, 1.54) is 6.07 Å². The van der Waals surface area contributed by atoms with Crippen molar-refractivity contribution in [3.8, 4) is 22.5 Å². The molecule has 1 fully saturated rings. The number of benzene rings is 1. The molecule has 0 N–H and O–H groups in total. The number of nitrogens with zero attached hydrogens (tertiary/aromatic N) is 3. The first-order valence-electron chi connectivity index (χ1n) is 9.36. The van der Waals surface area contributed by atoms with Crippen molar-refractivity contribution in [2.45, 2.75) is 19.8 Å². The van der Waals surface area contributed by atoms with Crippen LogP contribution >= 0.6 is 23.2 Å². The third-order valence-corrected chi connectivity index (χ3v) is 5.79. The number of rotatable bonds is 3. The van der Waals surface area contributed by atoms with Crippen LogP contribution in [0.25, 0.3) is 22.5 Å². The molecule has 0 amide bonds. The van der Waals surface area contributed by atoms with Crippen LogP contribution in [0, 0.1) is 11.7 Å². The zero-order chi connectivity index (χ0) is 19.7. The SMILES string of the molecule is CC1CCN(c2nc(-c3ccccn3)cc(Cl)c2-c2c(F)cccc2Cl)CC1. The highest BCUT2D eigenvalue weighted by atomic mass is 35.5. The maximum atomic E-state index is 14.7. The van der Waals surface area contributed by atoms with Crippen molar-refractivity contribution in [2.24, 2.45) is 5.92 Å². The molecule has 3 aromatic rings. The Labute approximate surface area is 174 Å². The smallest absolute Gasteiger partial charge is 0.138 e. The van der Waals surface area contributed by atoms with Gasteiger partial charge in [-0.1, -0.05) is 42.3 Å². The third kappa shape index (κ3) is 3.71. The van der Waals surface area contributed by atoms with Gasteiger partial charge < -0.3 is 4.90 Å². The molecule has 0 saturated carbocycles. The molecule has 0 aliphatic carbocycles. The average molecular weight is 416 g/mol. The Morgan fingerprint density at radius 1 is 0.964 bits per heavy atom. The van der Waals surface area contributed by atoms with E-state index >= 15 is 0 Å². The minimum atomic E-state index is -0.409. The van der Waals surface area contributed by atoms with E-state index < -0.39 is 5.82 Å². The van der Waals surface area contributed by atoms with Crippen molar-refractivity contribution < 1.29 is 4.39 Å². The molecule has 6 heteroatoms. The second kappa shape index (κ2) is 8.06. The van der Waals surface area contributed by atoms with Gasteiger partial charge in [-0.05, 0) is 49.1 Å². The van der Waals surface area contributed by atoms with Gasteiger partial charge in [0.1, 0.15) is 11.6 Å². The number of aromatic nitrogens is 2. The van der Waals surface area contributed by atoms with Crippen molar-refractivity contribution in [1.29, 1.82) is 0 Å². The summed E-state index contributed by atoms with van der Waals surface area (Å²) in [6.45, 7) is 3.93. The summed E-state index contributed by atoms with van der Waals surface area (Å²) in [7, 11) is 0. The van der Waals surface area contributed by atoms with Gasteiger partial charge in [0, 0.05) is 30.4 Å². The predicted molar refractivity (Wildman–Crippen MR) is 113 cm³/mol. The molecule has 1 saturated heterocycles. The molecule has 0 radical (unpaired) electrons. The molecule has 0 unspecified atom stereocenters. The summed E-state index contributed by atoms with van der Waals surface area (Å²) in [6, 6.07) is 12.0. The number of anilines is 1. The Bertz CT molecular complexity index is 966. The van der Waals surface area contributed by atoms with Crippen LogP contribution in [0.2, 0.25) is 10.0 Å². The Hall–Kier alpha value is -2.17. The maximum absolute atomic E-state index is 14.7. The molecule has 2 aromatic heterocycles. The standard InChI is InChI=1S/C22H20Cl2FN3/c1-14-8-11-28(12-9-14)22-21(20-15(23)5-4-6-17(20)25)16(24)13-19(27-22)18-7-2-3-10-26-18/h2-7,10,13-14H,8-9,11-12H2,1H3. The lowest BCUT2D eigenvalue weighted by atomic mass is 9.97. The first-order valence-corrected chi connectivity index (χ1v) is 10.1. The molecule has 1 aliphatic heterocycles. The number of piperidine rings is 1. The second-order valence-electron chi connectivity index (χ2n) is 7.17. The highest BCUT2D eigenvalue weighted by Crippen LogP contribution is 2.43. The van der Waals surface area contributed by atoms with Gasteiger partial charge >= 0.3 is 0 Å². The van der Waals surface area contributed by atoms with Gasteiger partial charge in [0.25, 0.3) is 0 Å². The quantitative estimate of drug-likeness (QED) is 0.489. The number of pyridine rings is 2. The predicted octanol–water partition coefficient (Wildman–Crippen LogP) is 6.49. The number of hydrogen-bond acceptors (Lipinski definition) is 3. The van der Waals surface area contributed by atoms with E-state index in [1.54, 1.807) is 24.4 Å².